The van der Waals surface area contributed by atoms with E-state index in [0.717, 1.165) is 11.0 Å². The standard InChI is InChI=1S/C52H30N2S2/c1-2-11-38-37(10-1)39-12-3-4-13-41(39)43-17-7-16-36(50(43)42-15-6-5-14-40(38)42)35-27-33(31-20-22-46-44(29-31)51-48(55-46)18-8-24-53-51)26-34(28-35)32-21-23-47-45(30-32)52-49(56-47)19-9-25-54-52/h1-30H. The Bertz CT molecular complexity index is 3250. The molecule has 7 aromatic carbocycles. The van der Waals surface area contributed by atoms with E-state index in [-0.39, 0.29) is 0 Å². The van der Waals surface area contributed by atoms with Crippen molar-refractivity contribution in [1.82, 2.24) is 9.97 Å². The molecule has 260 valence electrons. The van der Waals surface area contributed by atoms with Gasteiger partial charge in [0.1, 0.15) is 0 Å². The van der Waals surface area contributed by atoms with Gasteiger partial charge < -0.3 is 0 Å². The van der Waals surface area contributed by atoms with Gasteiger partial charge in [-0.05, 0) is 145 Å². The lowest BCUT2D eigenvalue weighted by molar-refractivity contribution is 1.44. The zero-order chi connectivity index (χ0) is 36.7. The molecule has 0 bridgehead atoms. The van der Waals surface area contributed by atoms with Crippen molar-refractivity contribution in [3.63, 3.8) is 0 Å². The average molecular weight is 747 g/mol. The molecule has 0 radical (unpaired) electrons. The maximum Gasteiger partial charge on any atom is 0.0888 e. The predicted molar refractivity (Wildman–Crippen MR) is 239 cm³/mol. The monoisotopic (exact) mass is 746 g/mol. The maximum absolute atomic E-state index is 4.81. The molecule has 0 amide bonds. The molecule has 4 heterocycles. The van der Waals surface area contributed by atoms with Crippen LogP contribution in [0.3, 0.4) is 0 Å². The minimum Gasteiger partial charge on any atom is -0.255 e. The van der Waals surface area contributed by atoms with Crippen LogP contribution in [0.5, 0.6) is 0 Å². The van der Waals surface area contributed by atoms with Gasteiger partial charge in [-0.3, -0.25) is 9.97 Å². The van der Waals surface area contributed by atoms with Gasteiger partial charge in [-0.1, -0.05) is 103 Å². The summed E-state index contributed by atoms with van der Waals surface area (Å²) in [5.74, 6) is 0. The van der Waals surface area contributed by atoms with Crippen molar-refractivity contribution in [2.45, 2.75) is 0 Å². The van der Waals surface area contributed by atoms with Gasteiger partial charge in [0.2, 0.25) is 0 Å². The number of rotatable bonds is 3. The second kappa shape index (κ2) is 12.4. The quantitative estimate of drug-likeness (QED) is 0.180. The Morgan fingerprint density at radius 2 is 0.714 bits per heavy atom. The van der Waals surface area contributed by atoms with E-state index in [4.69, 9.17) is 9.97 Å². The predicted octanol–water partition coefficient (Wildman–Crippen LogP) is 15.2. The van der Waals surface area contributed by atoms with Crippen LogP contribution in [0.2, 0.25) is 0 Å². The molecule has 0 saturated carbocycles. The number of hydrogen-bond donors (Lipinski definition) is 0. The third-order valence-electron chi connectivity index (χ3n) is 11.3. The fraction of sp³-hybridized carbons (Fsp3) is 0. The second-order valence-electron chi connectivity index (χ2n) is 14.5. The van der Waals surface area contributed by atoms with E-state index in [0.29, 0.717) is 0 Å². The highest BCUT2D eigenvalue weighted by Crippen LogP contribution is 2.51. The largest absolute Gasteiger partial charge is 0.255 e. The van der Waals surface area contributed by atoms with Crippen molar-refractivity contribution in [1.29, 1.82) is 0 Å². The first-order valence-corrected chi connectivity index (χ1v) is 20.5. The maximum atomic E-state index is 4.81. The van der Waals surface area contributed by atoms with Crippen LogP contribution in [-0.2, 0) is 0 Å². The lowest BCUT2D eigenvalue weighted by Crippen LogP contribution is -1.99. The molecule has 4 heteroatoms. The van der Waals surface area contributed by atoms with E-state index in [9.17, 15) is 0 Å². The molecule has 12 rings (SSSR count). The van der Waals surface area contributed by atoms with Crippen LogP contribution >= 0.6 is 22.7 Å². The molecule has 0 atom stereocenters. The number of thiophene rings is 2. The van der Waals surface area contributed by atoms with Crippen molar-refractivity contribution in [3.8, 4) is 77.9 Å². The van der Waals surface area contributed by atoms with Crippen molar-refractivity contribution in [2.75, 3.05) is 0 Å². The summed E-state index contributed by atoms with van der Waals surface area (Å²) < 4.78 is 4.92. The molecule has 2 nitrogen and oxygen atoms in total. The highest BCUT2D eigenvalue weighted by Gasteiger charge is 2.24. The van der Waals surface area contributed by atoms with Gasteiger partial charge in [0.05, 0.1) is 20.4 Å². The van der Waals surface area contributed by atoms with Gasteiger partial charge in [0, 0.05) is 32.6 Å². The van der Waals surface area contributed by atoms with E-state index >= 15 is 0 Å². The summed E-state index contributed by atoms with van der Waals surface area (Å²) >= 11 is 3.61. The number of nitrogens with zero attached hydrogens (tertiary/aromatic N) is 2. The SMILES string of the molecule is c1ccc2c(c1)-c1ccccc1-c1cccc(-c3cc(-c4ccc5sc6cccnc6c5c4)cc(-c4ccc5sc6cccnc6c5c4)c3)c1-c1ccccc1-2. The highest BCUT2D eigenvalue weighted by molar-refractivity contribution is 7.26. The van der Waals surface area contributed by atoms with Crippen molar-refractivity contribution in [3.05, 3.63) is 182 Å². The van der Waals surface area contributed by atoms with Crippen molar-refractivity contribution >= 4 is 63.3 Å². The minimum absolute atomic E-state index is 1.06. The summed E-state index contributed by atoms with van der Waals surface area (Å²) in [7, 11) is 0. The molecule has 4 aromatic heterocycles. The van der Waals surface area contributed by atoms with Crippen molar-refractivity contribution in [2.24, 2.45) is 0 Å². The first-order chi connectivity index (χ1) is 27.7. The van der Waals surface area contributed by atoms with E-state index in [1.807, 2.05) is 24.5 Å². The normalized spacial score (nSPS) is 11.9. The first-order valence-electron chi connectivity index (χ1n) is 18.9. The zero-order valence-electron chi connectivity index (χ0n) is 30.0. The minimum atomic E-state index is 1.06. The average Bonchev–Trinajstić information content (AvgIpc) is 3.83. The van der Waals surface area contributed by atoms with E-state index in [2.05, 4.69) is 158 Å². The van der Waals surface area contributed by atoms with Crippen LogP contribution in [0.1, 0.15) is 0 Å². The lowest BCUT2D eigenvalue weighted by Gasteiger charge is -2.25. The summed E-state index contributed by atoms with van der Waals surface area (Å²) in [4.78, 5) is 9.62. The van der Waals surface area contributed by atoms with Gasteiger partial charge in [0.15, 0.2) is 0 Å². The van der Waals surface area contributed by atoms with Gasteiger partial charge in [-0.15, -0.1) is 22.7 Å². The zero-order valence-corrected chi connectivity index (χ0v) is 31.7. The van der Waals surface area contributed by atoms with E-state index in [1.54, 1.807) is 22.7 Å². The highest BCUT2D eigenvalue weighted by atomic mass is 32.1. The van der Waals surface area contributed by atoms with Gasteiger partial charge >= 0.3 is 0 Å². The molecular weight excluding hydrogens is 717 g/mol. The second-order valence-corrected chi connectivity index (χ2v) is 16.7. The molecule has 11 aromatic rings. The molecule has 0 N–H and O–H groups in total. The Morgan fingerprint density at radius 1 is 0.286 bits per heavy atom. The van der Waals surface area contributed by atoms with E-state index < -0.39 is 0 Å². The molecule has 56 heavy (non-hydrogen) atoms. The van der Waals surface area contributed by atoms with Gasteiger partial charge in [-0.25, -0.2) is 0 Å². The summed E-state index contributed by atoms with van der Waals surface area (Å²) in [5, 5.41) is 2.39. The summed E-state index contributed by atoms with van der Waals surface area (Å²) in [6.07, 6.45) is 3.80. The lowest BCUT2D eigenvalue weighted by atomic mass is 9.78. The number of benzene rings is 7. The van der Waals surface area contributed by atoms with Crippen molar-refractivity contribution < 1.29 is 0 Å². The number of pyridine rings is 2. The first kappa shape index (κ1) is 31.6. The summed E-state index contributed by atoms with van der Waals surface area (Å²) in [6.45, 7) is 0. The van der Waals surface area contributed by atoms with Crippen LogP contribution in [-0.4, -0.2) is 9.97 Å². The number of fused-ring (bicyclic) bond motifs is 14. The third-order valence-corrected chi connectivity index (χ3v) is 13.6. The van der Waals surface area contributed by atoms with Crippen LogP contribution in [0.4, 0.5) is 0 Å². The molecule has 1 aliphatic rings. The Balaban J connectivity index is 1.15. The van der Waals surface area contributed by atoms with Crippen LogP contribution in [0.15, 0.2) is 182 Å². The summed E-state index contributed by atoms with van der Waals surface area (Å²) in [6, 6.07) is 62.8. The summed E-state index contributed by atoms with van der Waals surface area (Å²) in [5.41, 5.74) is 19.2. The fourth-order valence-electron chi connectivity index (χ4n) is 8.82. The fourth-order valence-corrected chi connectivity index (χ4v) is 10.9. The van der Waals surface area contributed by atoms with E-state index in [1.165, 1.54) is 107 Å². The Hall–Kier alpha value is -6.72. The van der Waals surface area contributed by atoms with Crippen LogP contribution < -0.4 is 0 Å². The molecule has 0 fully saturated rings. The molecule has 1 aliphatic carbocycles. The molecule has 0 unspecified atom stereocenters. The molecule has 0 saturated heterocycles. The third kappa shape index (κ3) is 4.86. The van der Waals surface area contributed by atoms with Gasteiger partial charge in [-0.2, -0.15) is 0 Å². The van der Waals surface area contributed by atoms with Crippen LogP contribution in [0, 0.1) is 0 Å². The van der Waals surface area contributed by atoms with Gasteiger partial charge in [0.25, 0.3) is 0 Å². The smallest absolute Gasteiger partial charge is 0.0888 e. The Labute approximate surface area is 331 Å². The Kier molecular flexibility index (Phi) is 7.00. The topological polar surface area (TPSA) is 25.8 Å². The Morgan fingerprint density at radius 3 is 1.25 bits per heavy atom. The molecular formula is C52H30N2S2. The number of hydrogen-bond acceptors (Lipinski definition) is 4. The molecule has 0 aliphatic heterocycles. The van der Waals surface area contributed by atoms with Crippen LogP contribution in [0.25, 0.3) is 118 Å². The molecule has 0 spiro atoms. The number of aromatic nitrogens is 2.